The summed E-state index contributed by atoms with van der Waals surface area (Å²) in [6.07, 6.45) is 0. The molecule has 0 aromatic heterocycles. The highest BCUT2D eigenvalue weighted by Gasteiger charge is 2.43. The SMILES string of the molecule is O=[N+]([O-])c1c(F)c(F)c(C(=C2C(F)=C(F)[C-]([N+](=O)[O-])C(F)=C2F)c2c(F)c(F)c([N+](=O)[O-])c(F)c2F)c(F)c1F. The number of nitro benzene ring substituents is 2. The molecule has 2 aromatic carbocycles. The van der Waals surface area contributed by atoms with Crippen LogP contribution in [0.5, 0.6) is 0 Å². The minimum atomic E-state index is -3.21. The number of allylic oxidation sites excluding steroid dienone is 3. The molecule has 0 atom stereocenters. The van der Waals surface area contributed by atoms with Gasteiger partial charge in [-0.1, -0.05) is 5.57 Å². The minimum absolute atomic E-state index is 2.13. The maximum Gasteiger partial charge on any atom is 0.346 e. The molecule has 212 valence electrons. The Bertz CT molecular complexity index is 1500. The largest absolute Gasteiger partial charge is 0.346 e. The fourth-order valence-electron chi connectivity index (χ4n) is 3.37. The van der Waals surface area contributed by atoms with Gasteiger partial charge in [0.1, 0.15) is 11.7 Å². The van der Waals surface area contributed by atoms with Crippen molar-refractivity contribution in [3.63, 3.8) is 0 Å². The lowest BCUT2D eigenvalue weighted by atomic mass is 9.86. The Kier molecular flexibility index (Phi) is 7.28. The summed E-state index contributed by atoms with van der Waals surface area (Å²) in [6.45, 7) is 0. The second-order valence-corrected chi connectivity index (χ2v) is 7.08. The molecule has 0 unspecified atom stereocenters. The van der Waals surface area contributed by atoms with Crippen LogP contribution >= 0.6 is 0 Å². The first kappa shape index (κ1) is 29.4. The van der Waals surface area contributed by atoms with Gasteiger partial charge < -0.3 is 0 Å². The molecule has 1 aliphatic carbocycles. The molecule has 0 saturated heterocycles. The summed E-state index contributed by atoms with van der Waals surface area (Å²) in [5.74, 6) is -37.9. The van der Waals surface area contributed by atoms with Crippen molar-refractivity contribution in [1.29, 1.82) is 0 Å². The lowest BCUT2D eigenvalue weighted by molar-refractivity contribution is -0.457. The van der Waals surface area contributed by atoms with E-state index in [9.17, 15) is 83.0 Å². The lowest BCUT2D eigenvalue weighted by Crippen LogP contribution is -2.20. The smallest absolute Gasteiger partial charge is 0.280 e. The summed E-state index contributed by atoms with van der Waals surface area (Å²) in [7, 11) is 0. The molecule has 0 aliphatic heterocycles. The Morgan fingerprint density at radius 1 is 0.500 bits per heavy atom. The van der Waals surface area contributed by atoms with Crippen molar-refractivity contribution in [2.75, 3.05) is 0 Å². The third-order valence-electron chi connectivity index (χ3n) is 5.02. The first-order chi connectivity index (χ1) is 18.4. The van der Waals surface area contributed by atoms with E-state index in [0.717, 1.165) is 0 Å². The fraction of sp³-hybridized carbons (Fsp3) is 0. The van der Waals surface area contributed by atoms with Crippen LogP contribution in [0.15, 0.2) is 28.9 Å². The normalized spacial score (nSPS) is 13.8. The van der Waals surface area contributed by atoms with Crippen molar-refractivity contribution in [3.05, 3.63) is 123 Å². The van der Waals surface area contributed by atoms with Crippen LogP contribution in [0.3, 0.4) is 0 Å². The number of nitrogens with zero attached hydrogens (tertiary/aromatic N) is 3. The van der Waals surface area contributed by atoms with E-state index in [0.29, 0.717) is 0 Å². The van der Waals surface area contributed by atoms with E-state index in [2.05, 4.69) is 0 Å². The van der Waals surface area contributed by atoms with Crippen molar-refractivity contribution in [1.82, 2.24) is 0 Å². The zero-order valence-electron chi connectivity index (χ0n) is 17.8. The van der Waals surface area contributed by atoms with E-state index >= 15 is 0 Å². The molecule has 2 aromatic rings. The number of nitro groups is 3. The van der Waals surface area contributed by atoms with Gasteiger partial charge in [0, 0.05) is 4.92 Å². The van der Waals surface area contributed by atoms with Crippen LogP contribution < -0.4 is 0 Å². The number of benzene rings is 2. The van der Waals surface area contributed by atoms with Gasteiger partial charge >= 0.3 is 11.4 Å². The number of hydrogen-bond donors (Lipinski definition) is 0. The van der Waals surface area contributed by atoms with Gasteiger partial charge in [0.2, 0.25) is 29.3 Å². The van der Waals surface area contributed by atoms with Gasteiger partial charge in [-0.15, -0.1) is 0 Å². The quantitative estimate of drug-likeness (QED) is 0.127. The first-order valence-electron chi connectivity index (χ1n) is 9.28. The molecule has 9 nitrogen and oxygen atoms in total. The van der Waals surface area contributed by atoms with E-state index in [4.69, 9.17) is 0 Å². The third-order valence-corrected chi connectivity index (χ3v) is 5.02. The molecule has 21 heteroatoms. The van der Waals surface area contributed by atoms with Crippen LogP contribution in [0.1, 0.15) is 11.1 Å². The number of hydrogen-bond acceptors (Lipinski definition) is 6. The van der Waals surface area contributed by atoms with Gasteiger partial charge in [0.15, 0.2) is 23.3 Å². The van der Waals surface area contributed by atoms with Gasteiger partial charge in [0.25, 0.3) is 0 Å². The summed E-state index contributed by atoms with van der Waals surface area (Å²) >= 11 is 0. The summed E-state index contributed by atoms with van der Waals surface area (Å²) in [6, 6.07) is -2.69. The van der Waals surface area contributed by atoms with E-state index in [1.807, 2.05) is 0 Å². The second kappa shape index (κ2) is 9.89. The van der Waals surface area contributed by atoms with Crippen molar-refractivity contribution >= 4 is 16.9 Å². The molecule has 0 bridgehead atoms. The van der Waals surface area contributed by atoms with Crippen molar-refractivity contribution in [2.24, 2.45) is 0 Å². The highest BCUT2D eigenvalue weighted by atomic mass is 19.2. The predicted molar refractivity (Wildman–Crippen MR) is 101 cm³/mol. The van der Waals surface area contributed by atoms with Crippen LogP contribution in [-0.2, 0) is 0 Å². The highest BCUT2D eigenvalue weighted by Crippen LogP contribution is 2.50. The van der Waals surface area contributed by atoms with E-state index in [-0.39, 0.29) is 0 Å². The Morgan fingerprint density at radius 3 is 1.00 bits per heavy atom. The predicted octanol–water partition coefficient (Wildman–Crippen LogP) is 6.54. The lowest BCUT2D eigenvalue weighted by Gasteiger charge is -2.27. The molecule has 0 radical (unpaired) electrons. The summed E-state index contributed by atoms with van der Waals surface area (Å²) < 4.78 is 175. The van der Waals surface area contributed by atoms with E-state index in [1.54, 1.807) is 0 Å². The van der Waals surface area contributed by atoms with Crippen LogP contribution in [0.2, 0.25) is 0 Å². The minimum Gasteiger partial charge on any atom is -0.280 e. The molecule has 0 saturated carbocycles. The average Bonchev–Trinajstić information content (AvgIpc) is 2.85. The molecule has 0 heterocycles. The van der Waals surface area contributed by atoms with E-state index < -0.39 is 124 Å². The van der Waals surface area contributed by atoms with Crippen LogP contribution in [0.4, 0.5) is 64.1 Å². The van der Waals surface area contributed by atoms with Gasteiger partial charge in [0.05, 0.1) is 32.6 Å². The van der Waals surface area contributed by atoms with E-state index in [1.165, 1.54) is 0 Å². The standard InChI is InChI=1S/C19F12N3O6/c20-5-2(6(21)12(27)17(11(5)26)32(35)36)1(3-7(22)13(28)18(33(37)38)14(29)8(3)23)4-9(24)15(30)19(34(39)40)16(31)10(4)25/q-1. The van der Waals surface area contributed by atoms with Gasteiger partial charge in [-0.25, -0.2) is 26.3 Å². The molecule has 0 fully saturated rings. The Labute approximate surface area is 208 Å². The molecule has 0 amide bonds. The molecule has 0 spiro atoms. The van der Waals surface area contributed by atoms with Crippen LogP contribution in [0, 0.1) is 82.9 Å². The van der Waals surface area contributed by atoms with Crippen molar-refractivity contribution < 1.29 is 67.5 Å². The van der Waals surface area contributed by atoms with Crippen molar-refractivity contribution in [2.45, 2.75) is 0 Å². The van der Waals surface area contributed by atoms with Gasteiger partial charge in [-0.2, -0.15) is 17.6 Å². The highest BCUT2D eigenvalue weighted by molar-refractivity contribution is 5.89. The summed E-state index contributed by atoms with van der Waals surface area (Å²) in [5, 5.41) is 32.4. The topological polar surface area (TPSA) is 129 Å². The Balaban J connectivity index is 2.78. The van der Waals surface area contributed by atoms with Crippen molar-refractivity contribution in [3.8, 4) is 0 Å². The molecular formula is C19F12N3O6-. The van der Waals surface area contributed by atoms with Crippen LogP contribution in [0.25, 0.3) is 5.57 Å². The second-order valence-electron chi connectivity index (χ2n) is 7.08. The first-order valence-corrected chi connectivity index (χ1v) is 9.28. The fourth-order valence-corrected chi connectivity index (χ4v) is 3.37. The average molecular weight is 594 g/mol. The number of halogens is 12. The molecule has 0 N–H and O–H groups in total. The van der Waals surface area contributed by atoms with Gasteiger partial charge in [-0.3, -0.25) is 39.1 Å². The monoisotopic (exact) mass is 594 g/mol. The Hall–Kier alpha value is -5.11. The third kappa shape index (κ3) is 4.05. The maximum absolute atomic E-state index is 14.8. The number of rotatable bonds is 5. The van der Waals surface area contributed by atoms with Gasteiger partial charge in [-0.05, 0) is 5.57 Å². The summed E-state index contributed by atoms with van der Waals surface area (Å²) in [4.78, 5) is 26.0. The zero-order valence-corrected chi connectivity index (χ0v) is 17.8. The maximum atomic E-state index is 14.8. The Morgan fingerprint density at radius 2 is 0.775 bits per heavy atom. The molecule has 3 rings (SSSR count). The molecule has 1 aliphatic rings. The molecule has 40 heavy (non-hydrogen) atoms. The summed E-state index contributed by atoms with van der Waals surface area (Å²) in [5.41, 5.74) is -17.0. The van der Waals surface area contributed by atoms with Crippen LogP contribution in [-0.4, -0.2) is 14.8 Å². The molecular weight excluding hydrogens is 594 g/mol. The zero-order chi connectivity index (χ0) is 30.7.